The quantitative estimate of drug-likeness (QED) is 0.547. The minimum Gasteiger partial charge on any atom is -0.449 e. The third kappa shape index (κ3) is 5.39. The van der Waals surface area contributed by atoms with E-state index in [1.165, 1.54) is 0 Å². The van der Waals surface area contributed by atoms with Crippen molar-refractivity contribution in [1.82, 2.24) is 10.6 Å². The van der Waals surface area contributed by atoms with Gasteiger partial charge >= 0.3 is 6.09 Å². The monoisotopic (exact) mass is 498 g/mol. The molecule has 9 nitrogen and oxygen atoms in total. The van der Waals surface area contributed by atoms with Crippen molar-refractivity contribution < 1.29 is 33.3 Å². The summed E-state index contributed by atoms with van der Waals surface area (Å²) in [6, 6.07) is 15.8. The van der Waals surface area contributed by atoms with Gasteiger partial charge in [0.2, 0.25) is 5.91 Å². The van der Waals surface area contributed by atoms with Crippen LogP contribution in [0.1, 0.15) is 24.0 Å². The van der Waals surface area contributed by atoms with Gasteiger partial charge in [-0.15, -0.1) is 0 Å². The van der Waals surface area contributed by atoms with Crippen LogP contribution in [0.5, 0.6) is 0 Å². The summed E-state index contributed by atoms with van der Waals surface area (Å²) in [5.41, 5.74) is 4.56. The summed E-state index contributed by atoms with van der Waals surface area (Å²) in [7, 11) is 4.72. The van der Waals surface area contributed by atoms with Gasteiger partial charge in [0.1, 0.15) is 31.5 Å². The molecule has 5 atom stereocenters. The molecule has 36 heavy (non-hydrogen) atoms. The van der Waals surface area contributed by atoms with Crippen LogP contribution in [0, 0.1) is 0 Å². The second-order valence-corrected chi connectivity index (χ2v) is 9.01. The van der Waals surface area contributed by atoms with E-state index in [4.69, 9.17) is 23.7 Å². The lowest BCUT2D eigenvalue weighted by Gasteiger charge is -2.44. The number of ether oxygens (including phenoxy) is 5. The highest BCUT2D eigenvalue weighted by Crippen LogP contribution is 2.44. The first kappa shape index (κ1) is 26.1. The summed E-state index contributed by atoms with van der Waals surface area (Å²) in [5, 5.41) is 5.43. The van der Waals surface area contributed by atoms with E-state index < -0.39 is 24.3 Å². The van der Waals surface area contributed by atoms with Crippen LogP contribution in [-0.4, -0.2) is 83.5 Å². The van der Waals surface area contributed by atoms with Gasteiger partial charge < -0.3 is 34.3 Å². The zero-order valence-electron chi connectivity index (χ0n) is 21.1. The van der Waals surface area contributed by atoms with E-state index in [-0.39, 0.29) is 37.2 Å². The zero-order chi connectivity index (χ0) is 25.7. The topological polar surface area (TPSA) is 104 Å². The van der Waals surface area contributed by atoms with Crippen molar-refractivity contribution in [2.45, 2.75) is 43.3 Å². The Bertz CT molecular complexity index is 1020. The number of methoxy groups -OCH3 is 3. The minimum absolute atomic E-state index is 0.0503. The van der Waals surface area contributed by atoms with E-state index >= 15 is 0 Å². The van der Waals surface area contributed by atoms with E-state index in [0.717, 1.165) is 22.3 Å². The highest BCUT2D eigenvalue weighted by Gasteiger charge is 2.45. The summed E-state index contributed by atoms with van der Waals surface area (Å²) >= 11 is 0. The maximum absolute atomic E-state index is 12.7. The molecule has 2 aromatic carbocycles. The van der Waals surface area contributed by atoms with Crippen LogP contribution in [0.2, 0.25) is 0 Å². The van der Waals surface area contributed by atoms with Gasteiger partial charge in [0.05, 0.1) is 18.8 Å². The SMILES string of the molecule is COCC1OC(C)C(NC(=O)CNC(=O)OCC2c3ccccc3-c3ccccc32)[C@@H](OC)[C@@H]1OC. The lowest BCUT2D eigenvalue weighted by molar-refractivity contribution is -0.208. The average molecular weight is 499 g/mol. The Labute approximate surface area is 211 Å². The summed E-state index contributed by atoms with van der Waals surface area (Å²) in [5.74, 6) is -0.434. The molecule has 1 aliphatic carbocycles. The number of amides is 2. The van der Waals surface area contributed by atoms with Gasteiger partial charge in [-0.1, -0.05) is 48.5 Å². The van der Waals surface area contributed by atoms with Gasteiger partial charge in [-0.3, -0.25) is 4.79 Å². The Balaban J connectivity index is 1.30. The lowest BCUT2D eigenvalue weighted by atomic mass is 9.93. The van der Waals surface area contributed by atoms with Crippen molar-refractivity contribution in [2.75, 3.05) is 41.1 Å². The number of rotatable bonds is 9. The second kappa shape index (κ2) is 11.8. The molecule has 0 spiro atoms. The summed E-state index contributed by atoms with van der Waals surface area (Å²) in [4.78, 5) is 25.1. The van der Waals surface area contributed by atoms with Gasteiger partial charge in [-0.25, -0.2) is 4.79 Å². The molecule has 2 N–H and O–H groups in total. The average Bonchev–Trinajstić information content (AvgIpc) is 3.21. The van der Waals surface area contributed by atoms with Crippen molar-refractivity contribution in [3.05, 3.63) is 59.7 Å². The molecule has 1 saturated heterocycles. The Hall–Kier alpha value is -2.98. The number of hydrogen-bond acceptors (Lipinski definition) is 7. The molecule has 3 unspecified atom stereocenters. The van der Waals surface area contributed by atoms with E-state index in [0.29, 0.717) is 6.61 Å². The molecule has 2 aromatic rings. The van der Waals surface area contributed by atoms with Crippen LogP contribution in [0.15, 0.2) is 48.5 Å². The lowest BCUT2D eigenvalue weighted by Crippen LogP contribution is -2.65. The molecule has 0 bridgehead atoms. The number of nitrogens with one attached hydrogen (secondary N) is 2. The number of hydrogen-bond donors (Lipinski definition) is 2. The molecule has 0 radical (unpaired) electrons. The third-order valence-electron chi connectivity index (χ3n) is 6.88. The second-order valence-electron chi connectivity index (χ2n) is 9.01. The molecule has 1 heterocycles. The van der Waals surface area contributed by atoms with Crippen LogP contribution in [0.4, 0.5) is 4.79 Å². The van der Waals surface area contributed by atoms with Crippen LogP contribution < -0.4 is 10.6 Å². The van der Waals surface area contributed by atoms with Crippen molar-refractivity contribution in [3.63, 3.8) is 0 Å². The number of benzene rings is 2. The van der Waals surface area contributed by atoms with Crippen molar-refractivity contribution in [1.29, 1.82) is 0 Å². The molecular weight excluding hydrogens is 464 g/mol. The number of fused-ring (bicyclic) bond motifs is 3. The van der Waals surface area contributed by atoms with Gasteiger partial charge in [0, 0.05) is 27.2 Å². The summed E-state index contributed by atoms with van der Waals surface area (Å²) in [6.07, 6.45) is -2.20. The van der Waals surface area contributed by atoms with Crippen LogP contribution in [-0.2, 0) is 28.5 Å². The summed E-state index contributed by atoms with van der Waals surface area (Å²) < 4.78 is 28.0. The fraction of sp³-hybridized carbons (Fsp3) is 0.481. The molecule has 194 valence electrons. The zero-order valence-corrected chi connectivity index (χ0v) is 21.1. The molecule has 2 aliphatic rings. The minimum atomic E-state index is -0.654. The Kier molecular flexibility index (Phi) is 8.58. The van der Waals surface area contributed by atoms with Gasteiger partial charge in [0.25, 0.3) is 0 Å². The number of carbonyl (C=O) groups is 2. The summed E-state index contributed by atoms with van der Waals surface area (Å²) in [6.45, 7) is 2.13. The van der Waals surface area contributed by atoms with Gasteiger partial charge in [-0.05, 0) is 29.2 Å². The fourth-order valence-electron chi connectivity index (χ4n) is 5.22. The van der Waals surface area contributed by atoms with Crippen LogP contribution >= 0.6 is 0 Å². The first-order valence-corrected chi connectivity index (χ1v) is 12.1. The van der Waals surface area contributed by atoms with Crippen LogP contribution in [0.25, 0.3) is 11.1 Å². The van der Waals surface area contributed by atoms with E-state index in [2.05, 4.69) is 34.9 Å². The molecule has 1 fully saturated rings. The molecule has 2 amide bonds. The first-order chi connectivity index (χ1) is 17.5. The normalized spacial score (nSPS) is 25.1. The Morgan fingerprint density at radius 1 is 0.889 bits per heavy atom. The van der Waals surface area contributed by atoms with Crippen molar-refractivity contribution in [3.8, 4) is 11.1 Å². The molecule has 4 rings (SSSR count). The maximum atomic E-state index is 12.7. The van der Waals surface area contributed by atoms with E-state index in [9.17, 15) is 9.59 Å². The van der Waals surface area contributed by atoms with E-state index in [1.807, 2.05) is 31.2 Å². The predicted octanol–water partition coefficient (Wildman–Crippen LogP) is 2.47. The Morgan fingerprint density at radius 3 is 2.08 bits per heavy atom. The molecular formula is C27H34N2O7. The third-order valence-corrected chi connectivity index (χ3v) is 6.88. The standard InChI is InChI=1S/C27H34N2O7/c1-16-24(26(34-4)25(33-3)22(36-16)15-32-2)29-23(30)13-28-27(31)35-14-21-19-11-7-5-9-17(19)18-10-6-8-12-20(18)21/h5-12,16,21-22,24-26H,13-15H2,1-4H3,(H,28,31)(H,29,30)/t16?,22?,24?,25-,26-/m1/s1. The van der Waals surface area contributed by atoms with Gasteiger partial charge in [-0.2, -0.15) is 0 Å². The smallest absolute Gasteiger partial charge is 0.407 e. The highest BCUT2D eigenvalue weighted by molar-refractivity contribution is 5.83. The van der Waals surface area contributed by atoms with E-state index in [1.54, 1.807) is 21.3 Å². The fourth-order valence-corrected chi connectivity index (χ4v) is 5.22. The molecule has 1 aliphatic heterocycles. The predicted molar refractivity (Wildman–Crippen MR) is 133 cm³/mol. The maximum Gasteiger partial charge on any atom is 0.407 e. The van der Waals surface area contributed by atoms with Crippen molar-refractivity contribution in [2.24, 2.45) is 0 Å². The molecule has 9 heteroatoms. The number of alkyl carbamates (subject to hydrolysis) is 1. The van der Waals surface area contributed by atoms with Crippen LogP contribution in [0.3, 0.4) is 0 Å². The number of carbonyl (C=O) groups excluding carboxylic acids is 2. The molecule has 0 saturated carbocycles. The first-order valence-electron chi connectivity index (χ1n) is 12.1. The Morgan fingerprint density at radius 2 is 1.50 bits per heavy atom. The van der Waals surface area contributed by atoms with Gasteiger partial charge in [0.15, 0.2) is 0 Å². The highest BCUT2D eigenvalue weighted by atomic mass is 16.6. The van der Waals surface area contributed by atoms with Crippen molar-refractivity contribution >= 4 is 12.0 Å². The molecule has 0 aromatic heterocycles. The largest absolute Gasteiger partial charge is 0.449 e.